The van der Waals surface area contributed by atoms with Gasteiger partial charge in [0.25, 0.3) is 6.71 Å². The fourth-order valence-electron chi connectivity index (χ4n) is 10.9. The van der Waals surface area contributed by atoms with Crippen LogP contribution in [0.4, 0.5) is 34.1 Å². The molecule has 7 aromatic carbocycles. The van der Waals surface area contributed by atoms with Crippen molar-refractivity contribution in [2.24, 2.45) is 0 Å². The highest BCUT2D eigenvalue weighted by Gasteiger charge is 2.47. The lowest BCUT2D eigenvalue weighted by Crippen LogP contribution is -2.62. The van der Waals surface area contributed by atoms with Crippen molar-refractivity contribution in [3.05, 3.63) is 173 Å². The number of fused-ring (bicyclic) bond motifs is 5. The molecule has 3 heteroatoms. The lowest BCUT2D eigenvalue weighted by molar-refractivity contribution is 0.332. The van der Waals surface area contributed by atoms with E-state index >= 15 is 0 Å². The number of rotatable bonds is 4. The zero-order valence-corrected chi connectivity index (χ0v) is 39.7. The van der Waals surface area contributed by atoms with Crippen LogP contribution in [0.25, 0.3) is 22.3 Å². The predicted octanol–water partition coefficient (Wildman–Crippen LogP) is 14.7. The van der Waals surface area contributed by atoms with E-state index in [1.54, 1.807) is 0 Å². The molecular weight excluding hydrogens is 759 g/mol. The quantitative estimate of drug-likeness (QED) is 0.163. The molecule has 7 aromatic rings. The van der Waals surface area contributed by atoms with Crippen molar-refractivity contribution >= 4 is 57.2 Å². The van der Waals surface area contributed by atoms with Crippen LogP contribution >= 0.6 is 0 Å². The van der Waals surface area contributed by atoms with Gasteiger partial charge in [-0.25, -0.2) is 0 Å². The first kappa shape index (κ1) is 41.2. The number of aryl methyl sites for hydroxylation is 2. The Balaban J connectivity index is 1.34. The Labute approximate surface area is 378 Å². The Morgan fingerprint density at radius 3 is 1.57 bits per heavy atom. The molecule has 0 saturated carbocycles. The van der Waals surface area contributed by atoms with Crippen LogP contribution in [0.5, 0.6) is 0 Å². The van der Waals surface area contributed by atoms with Gasteiger partial charge in [0.1, 0.15) is 0 Å². The van der Waals surface area contributed by atoms with Crippen molar-refractivity contribution in [3.8, 4) is 22.3 Å². The molecule has 0 spiro atoms. The van der Waals surface area contributed by atoms with Crippen molar-refractivity contribution in [1.29, 1.82) is 0 Å². The van der Waals surface area contributed by atoms with E-state index in [0.29, 0.717) is 0 Å². The van der Waals surface area contributed by atoms with Crippen LogP contribution in [0.3, 0.4) is 0 Å². The molecule has 316 valence electrons. The molecule has 0 fully saturated rings. The van der Waals surface area contributed by atoms with Gasteiger partial charge in [-0.3, -0.25) is 0 Å². The van der Waals surface area contributed by atoms with Crippen molar-refractivity contribution in [2.45, 2.75) is 118 Å². The summed E-state index contributed by atoms with van der Waals surface area (Å²) in [4.78, 5) is 5.29. The van der Waals surface area contributed by atoms with Gasteiger partial charge in [-0.15, -0.1) is 0 Å². The third-order valence-electron chi connectivity index (χ3n) is 14.8. The van der Waals surface area contributed by atoms with Gasteiger partial charge in [-0.2, -0.15) is 0 Å². The summed E-state index contributed by atoms with van der Waals surface area (Å²) < 4.78 is 0. The minimum Gasteiger partial charge on any atom is -0.311 e. The molecule has 63 heavy (non-hydrogen) atoms. The fraction of sp³-hybridized carbons (Fsp3) is 0.300. The number of nitrogens with zero attached hydrogens (tertiary/aromatic N) is 2. The van der Waals surface area contributed by atoms with Crippen molar-refractivity contribution < 1.29 is 0 Å². The Morgan fingerprint density at radius 2 is 0.968 bits per heavy atom. The van der Waals surface area contributed by atoms with Gasteiger partial charge in [-0.05, 0) is 157 Å². The summed E-state index contributed by atoms with van der Waals surface area (Å²) in [7, 11) is 0. The maximum atomic E-state index is 2.67. The third kappa shape index (κ3) is 6.77. The monoisotopic (exact) mass is 823 g/mol. The van der Waals surface area contributed by atoms with E-state index < -0.39 is 0 Å². The summed E-state index contributed by atoms with van der Waals surface area (Å²) in [6.45, 7) is 28.6. The molecule has 3 aliphatic rings. The number of anilines is 6. The third-order valence-corrected chi connectivity index (χ3v) is 14.8. The van der Waals surface area contributed by atoms with Gasteiger partial charge in [-0.1, -0.05) is 166 Å². The molecule has 0 saturated heterocycles. The Hall–Kier alpha value is -5.80. The molecule has 10 rings (SSSR count). The first-order chi connectivity index (χ1) is 29.8. The van der Waals surface area contributed by atoms with Crippen LogP contribution in [0.2, 0.25) is 0 Å². The van der Waals surface area contributed by atoms with Gasteiger partial charge in [0.05, 0.1) is 5.69 Å². The molecule has 0 bridgehead atoms. The highest BCUT2D eigenvalue weighted by atomic mass is 15.2. The topological polar surface area (TPSA) is 6.48 Å². The smallest absolute Gasteiger partial charge is 0.252 e. The van der Waals surface area contributed by atoms with Crippen LogP contribution in [0, 0.1) is 13.8 Å². The molecule has 0 unspecified atom stereocenters. The van der Waals surface area contributed by atoms with Gasteiger partial charge in [0.15, 0.2) is 0 Å². The molecule has 0 radical (unpaired) electrons. The molecular formula is C60H63BN2. The molecule has 0 aromatic heterocycles. The van der Waals surface area contributed by atoms with Gasteiger partial charge in [0, 0.05) is 34.0 Å². The van der Waals surface area contributed by atoms with Crippen LogP contribution in [0.1, 0.15) is 115 Å². The molecule has 0 atom stereocenters. The molecule has 0 N–H and O–H groups in total. The lowest BCUT2D eigenvalue weighted by atomic mass is 9.33. The standard InChI is InChI=1S/C60H63BN2/c1-38-31-54-56-55(32-38)63(52-33-42(24-23-39(52)2)40-19-15-13-16-20-40)53-37-47-46(59(9,10)29-30-60(47,11)12)36-49(53)61(56)48-35-44(58(6,7)8)26-28-51(48)62(54)50-27-25-43(57(3,4)5)34-45(50)41-21-17-14-18-22-41/h13-28,31-37H,29-30H2,1-12H3. The zero-order valence-electron chi connectivity index (χ0n) is 39.7. The second-order valence-corrected chi connectivity index (χ2v) is 22.3. The first-order valence-electron chi connectivity index (χ1n) is 23.3. The summed E-state index contributed by atoms with van der Waals surface area (Å²) in [5, 5.41) is 0. The summed E-state index contributed by atoms with van der Waals surface area (Å²) >= 11 is 0. The van der Waals surface area contributed by atoms with Crippen molar-refractivity contribution in [3.63, 3.8) is 0 Å². The van der Waals surface area contributed by atoms with E-state index in [9.17, 15) is 0 Å². The van der Waals surface area contributed by atoms with E-state index in [-0.39, 0.29) is 28.4 Å². The average Bonchev–Trinajstić information content (AvgIpc) is 3.25. The maximum Gasteiger partial charge on any atom is 0.252 e. The van der Waals surface area contributed by atoms with Gasteiger partial charge >= 0.3 is 0 Å². The second-order valence-electron chi connectivity index (χ2n) is 22.3. The Morgan fingerprint density at radius 1 is 0.444 bits per heavy atom. The van der Waals surface area contributed by atoms with E-state index in [2.05, 4.69) is 232 Å². The maximum absolute atomic E-state index is 2.67. The highest BCUT2D eigenvalue weighted by molar-refractivity contribution is 7.00. The largest absolute Gasteiger partial charge is 0.311 e. The Kier molecular flexibility index (Phi) is 9.40. The van der Waals surface area contributed by atoms with Crippen molar-refractivity contribution in [2.75, 3.05) is 9.80 Å². The molecule has 2 nitrogen and oxygen atoms in total. The van der Waals surface area contributed by atoms with Crippen LogP contribution in [-0.2, 0) is 21.7 Å². The van der Waals surface area contributed by atoms with Crippen molar-refractivity contribution in [1.82, 2.24) is 0 Å². The predicted molar refractivity (Wildman–Crippen MR) is 273 cm³/mol. The number of hydrogen-bond donors (Lipinski definition) is 0. The molecule has 2 aliphatic heterocycles. The minimum atomic E-state index is -0.0276. The lowest BCUT2D eigenvalue weighted by Gasteiger charge is -2.48. The van der Waals surface area contributed by atoms with Gasteiger partial charge < -0.3 is 9.80 Å². The number of hydrogen-bond acceptors (Lipinski definition) is 2. The van der Waals surface area contributed by atoms with E-state index in [0.717, 1.165) is 0 Å². The summed E-state index contributed by atoms with van der Waals surface area (Å²) in [5.41, 5.74) is 24.9. The molecule has 1 aliphatic carbocycles. The fourth-order valence-corrected chi connectivity index (χ4v) is 10.9. The SMILES string of the molecule is Cc1cc2c3c(c1)N(c1ccc(C(C)(C)C)cc1-c1ccccc1)c1ccc(C(C)(C)C)cc1B3c1cc3c(cc1N2c1cc(-c2ccccc2)ccc1C)C(C)(C)CCC3(C)C. The van der Waals surface area contributed by atoms with E-state index in [4.69, 9.17) is 0 Å². The average molecular weight is 823 g/mol. The normalized spacial score (nSPS) is 16.0. The summed E-state index contributed by atoms with van der Waals surface area (Å²) in [5.74, 6) is 0. The van der Waals surface area contributed by atoms with Crippen LogP contribution in [-0.4, -0.2) is 6.71 Å². The first-order valence-corrected chi connectivity index (χ1v) is 23.3. The Bertz CT molecular complexity index is 2940. The number of benzene rings is 7. The van der Waals surface area contributed by atoms with Crippen LogP contribution in [0.15, 0.2) is 140 Å². The zero-order chi connectivity index (χ0) is 44.4. The van der Waals surface area contributed by atoms with E-state index in [1.165, 1.54) is 119 Å². The second kappa shape index (κ2) is 14.4. The minimum absolute atomic E-state index is 0.00505. The van der Waals surface area contributed by atoms with Gasteiger partial charge in [0.2, 0.25) is 0 Å². The summed E-state index contributed by atoms with van der Waals surface area (Å²) in [6, 6.07) is 53.9. The van der Waals surface area contributed by atoms with Crippen LogP contribution < -0.4 is 26.2 Å². The van der Waals surface area contributed by atoms with E-state index in [1.807, 2.05) is 0 Å². The molecule has 2 heterocycles. The highest BCUT2D eigenvalue weighted by Crippen LogP contribution is 2.52. The molecule has 0 amide bonds. The summed E-state index contributed by atoms with van der Waals surface area (Å²) in [6.07, 6.45) is 2.34.